The highest BCUT2D eigenvalue weighted by atomic mass is 16.1. The summed E-state index contributed by atoms with van der Waals surface area (Å²) >= 11 is 0. The van der Waals surface area contributed by atoms with Crippen molar-refractivity contribution in [2.75, 3.05) is 0 Å². The molecule has 0 heterocycles. The maximum absolute atomic E-state index is 10.6. The van der Waals surface area contributed by atoms with Crippen LogP contribution in [0.15, 0.2) is 21.6 Å². The van der Waals surface area contributed by atoms with Gasteiger partial charge in [-0.25, -0.2) is 9.59 Å². The summed E-state index contributed by atoms with van der Waals surface area (Å²) < 4.78 is 0. The molecule has 0 radical (unpaired) electrons. The lowest BCUT2D eigenvalue weighted by molar-refractivity contribution is 0.102. The van der Waals surface area contributed by atoms with Crippen LogP contribution in [0.3, 0.4) is 0 Å². The van der Waals surface area contributed by atoms with E-state index in [-0.39, 0.29) is 10.8 Å². The molecule has 0 spiro atoms. The Bertz CT molecular complexity index is 447. The van der Waals surface area contributed by atoms with Crippen molar-refractivity contribution in [3.8, 4) is 0 Å². The molecule has 1 unspecified atom stereocenters. The molecule has 2 aliphatic rings. The molecular weight excluding hydrogens is 204 g/mol. The Labute approximate surface area is 94.2 Å². The number of aliphatic imine (C=N–C) groups is 2. The van der Waals surface area contributed by atoms with E-state index in [4.69, 9.17) is 0 Å². The van der Waals surface area contributed by atoms with Crippen molar-refractivity contribution in [1.82, 2.24) is 0 Å². The van der Waals surface area contributed by atoms with Crippen molar-refractivity contribution < 1.29 is 9.59 Å². The lowest BCUT2D eigenvalue weighted by atomic mass is 9.66. The predicted octanol–water partition coefficient (Wildman–Crippen LogP) is 2.12. The van der Waals surface area contributed by atoms with Gasteiger partial charge >= 0.3 is 0 Å². The summed E-state index contributed by atoms with van der Waals surface area (Å²) in [6.07, 6.45) is 6.78. The van der Waals surface area contributed by atoms with Crippen molar-refractivity contribution in [2.45, 2.75) is 39.3 Å². The van der Waals surface area contributed by atoms with E-state index in [0.717, 1.165) is 12.8 Å². The Kier molecular flexibility index (Phi) is 2.06. The van der Waals surface area contributed by atoms with Gasteiger partial charge in [0.2, 0.25) is 12.2 Å². The largest absolute Gasteiger partial charge is 0.237 e. The van der Waals surface area contributed by atoms with Crippen LogP contribution >= 0.6 is 0 Å². The standard InChI is InChI=1S/C12H14N2O2/c1-10(2)9-4-5-11(10,3)12(6-9,13-7-15)14-8-16/h6H,4-5H2,1-3H3. The fourth-order valence-electron chi connectivity index (χ4n) is 3.14. The van der Waals surface area contributed by atoms with Gasteiger partial charge in [0, 0.05) is 5.41 Å². The maximum Gasteiger partial charge on any atom is 0.237 e. The highest BCUT2D eigenvalue weighted by Crippen LogP contribution is 2.67. The zero-order valence-corrected chi connectivity index (χ0v) is 9.70. The fraction of sp³-hybridized carbons (Fsp3) is 0.667. The molecule has 1 fully saturated rings. The van der Waals surface area contributed by atoms with Gasteiger partial charge in [-0.05, 0) is 24.3 Å². The molecule has 0 aromatic heterocycles. The summed E-state index contributed by atoms with van der Waals surface area (Å²) in [6.45, 7) is 6.23. The minimum absolute atomic E-state index is 0.0896. The highest BCUT2D eigenvalue weighted by Gasteiger charge is 2.65. The molecular formula is C12H14N2O2. The van der Waals surface area contributed by atoms with Crippen LogP contribution in [0.1, 0.15) is 33.6 Å². The van der Waals surface area contributed by atoms with Crippen molar-refractivity contribution >= 4 is 12.2 Å². The molecule has 16 heavy (non-hydrogen) atoms. The van der Waals surface area contributed by atoms with E-state index in [1.54, 1.807) is 12.2 Å². The Morgan fingerprint density at radius 3 is 2.06 bits per heavy atom. The van der Waals surface area contributed by atoms with Gasteiger partial charge < -0.3 is 0 Å². The summed E-state index contributed by atoms with van der Waals surface area (Å²) in [6, 6.07) is 0. The van der Waals surface area contributed by atoms with Crippen LogP contribution in [0.5, 0.6) is 0 Å². The first kappa shape index (κ1) is 11.0. The maximum atomic E-state index is 10.6. The van der Waals surface area contributed by atoms with Gasteiger partial charge in [0.15, 0.2) is 5.66 Å². The number of nitrogens with zero attached hydrogens (tertiary/aromatic N) is 2. The fourth-order valence-corrected chi connectivity index (χ4v) is 3.14. The average molecular weight is 218 g/mol. The number of hydrogen-bond acceptors (Lipinski definition) is 4. The third-order valence-electron chi connectivity index (χ3n) is 4.70. The lowest BCUT2D eigenvalue weighted by Crippen LogP contribution is -2.44. The van der Waals surface area contributed by atoms with Gasteiger partial charge in [-0.1, -0.05) is 26.3 Å². The van der Waals surface area contributed by atoms with E-state index in [1.807, 2.05) is 13.0 Å². The summed E-state index contributed by atoms with van der Waals surface area (Å²) in [5.74, 6) is 0. The Balaban J connectivity index is 2.70. The summed E-state index contributed by atoms with van der Waals surface area (Å²) in [7, 11) is 0. The number of isocyanates is 2. The van der Waals surface area contributed by atoms with E-state index < -0.39 is 5.66 Å². The molecule has 0 aromatic rings. The summed E-state index contributed by atoms with van der Waals surface area (Å²) in [5.41, 5.74) is -0.279. The van der Waals surface area contributed by atoms with Crippen LogP contribution < -0.4 is 0 Å². The zero-order chi connectivity index (χ0) is 12.0. The second-order valence-corrected chi connectivity index (χ2v) is 5.26. The van der Waals surface area contributed by atoms with Crippen LogP contribution in [-0.4, -0.2) is 17.8 Å². The molecule has 2 bridgehead atoms. The lowest BCUT2D eigenvalue weighted by Gasteiger charge is -2.41. The second kappa shape index (κ2) is 3.00. The van der Waals surface area contributed by atoms with Gasteiger partial charge in [-0.2, -0.15) is 9.98 Å². The van der Waals surface area contributed by atoms with Crippen molar-refractivity contribution in [3.63, 3.8) is 0 Å². The van der Waals surface area contributed by atoms with Gasteiger partial charge in [0.05, 0.1) is 0 Å². The summed E-state index contributed by atoms with van der Waals surface area (Å²) in [4.78, 5) is 28.7. The van der Waals surface area contributed by atoms with Crippen molar-refractivity contribution in [2.24, 2.45) is 20.8 Å². The molecule has 1 saturated carbocycles. The number of hydrogen-bond donors (Lipinski definition) is 0. The van der Waals surface area contributed by atoms with E-state index in [1.165, 1.54) is 5.57 Å². The molecule has 0 amide bonds. The molecule has 2 rings (SSSR count). The first-order chi connectivity index (χ1) is 7.43. The minimum Gasteiger partial charge on any atom is -0.211 e. The molecule has 4 nitrogen and oxygen atoms in total. The van der Waals surface area contributed by atoms with Crippen LogP contribution in [0.25, 0.3) is 0 Å². The number of rotatable bonds is 2. The van der Waals surface area contributed by atoms with Crippen molar-refractivity contribution in [3.05, 3.63) is 11.6 Å². The molecule has 2 aliphatic carbocycles. The zero-order valence-electron chi connectivity index (χ0n) is 9.70. The molecule has 84 valence electrons. The first-order valence-corrected chi connectivity index (χ1v) is 5.34. The normalized spacial score (nSPS) is 38.6. The Morgan fingerprint density at radius 2 is 1.75 bits per heavy atom. The predicted molar refractivity (Wildman–Crippen MR) is 58.2 cm³/mol. The number of allylic oxidation sites excluding steroid dienone is 1. The summed E-state index contributed by atoms with van der Waals surface area (Å²) in [5, 5.41) is 0. The Morgan fingerprint density at radius 1 is 1.19 bits per heavy atom. The molecule has 4 heteroatoms. The third-order valence-corrected chi connectivity index (χ3v) is 4.70. The Hall–Kier alpha value is -1.50. The number of fused-ring (bicyclic) bond motifs is 2. The van der Waals surface area contributed by atoms with Crippen LogP contribution in [-0.2, 0) is 9.59 Å². The molecule has 1 atom stereocenters. The van der Waals surface area contributed by atoms with Crippen LogP contribution in [0, 0.1) is 10.8 Å². The number of carbonyl (C=O) groups excluding carboxylic acids is 2. The molecule has 0 saturated heterocycles. The molecule has 0 aromatic carbocycles. The van der Waals surface area contributed by atoms with Gasteiger partial charge in [0.25, 0.3) is 0 Å². The van der Waals surface area contributed by atoms with Crippen molar-refractivity contribution in [1.29, 1.82) is 0 Å². The van der Waals surface area contributed by atoms with E-state index in [2.05, 4.69) is 23.8 Å². The SMILES string of the molecule is CC1(C)C2=CC(N=C=O)(N=C=O)C1(C)CC2. The molecule has 0 N–H and O–H groups in total. The van der Waals surface area contributed by atoms with E-state index >= 15 is 0 Å². The van der Waals surface area contributed by atoms with E-state index in [9.17, 15) is 9.59 Å². The van der Waals surface area contributed by atoms with Gasteiger partial charge in [0.1, 0.15) is 0 Å². The topological polar surface area (TPSA) is 58.9 Å². The average Bonchev–Trinajstić information content (AvgIpc) is 2.51. The van der Waals surface area contributed by atoms with E-state index in [0.29, 0.717) is 0 Å². The minimum atomic E-state index is -1.08. The smallest absolute Gasteiger partial charge is 0.211 e. The van der Waals surface area contributed by atoms with Crippen LogP contribution in [0.2, 0.25) is 0 Å². The van der Waals surface area contributed by atoms with Gasteiger partial charge in [-0.15, -0.1) is 0 Å². The van der Waals surface area contributed by atoms with Crippen LogP contribution in [0.4, 0.5) is 0 Å². The van der Waals surface area contributed by atoms with Gasteiger partial charge in [-0.3, -0.25) is 0 Å². The third kappa shape index (κ3) is 0.960. The second-order valence-electron chi connectivity index (χ2n) is 5.26. The first-order valence-electron chi connectivity index (χ1n) is 5.34. The quantitative estimate of drug-likeness (QED) is 0.405. The monoisotopic (exact) mass is 218 g/mol. The molecule has 0 aliphatic heterocycles. The highest BCUT2D eigenvalue weighted by molar-refractivity contribution is 5.49.